The maximum Gasteiger partial charge on any atom is 0.330 e. The van der Waals surface area contributed by atoms with Crippen LogP contribution in [0.2, 0.25) is 0 Å². The molecule has 2 aromatic rings. The standard InChI is InChI=1S/C14H17N3O4S/c1-10(11-7-5-4-6-8-11)15-22(20,21)12-9-16(2)14(19)17(3)13(12)18/h4-10,15H,1-3H3/t10-/m1/s1. The third-order valence-electron chi connectivity index (χ3n) is 3.34. The molecule has 8 heteroatoms. The molecule has 118 valence electrons. The average Bonchev–Trinajstić information content (AvgIpc) is 2.49. The van der Waals surface area contributed by atoms with Gasteiger partial charge in [-0.2, -0.15) is 0 Å². The summed E-state index contributed by atoms with van der Waals surface area (Å²) in [5.74, 6) is 0. The molecule has 0 radical (unpaired) electrons. The Morgan fingerprint density at radius 3 is 2.27 bits per heavy atom. The fourth-order valence-electron chi connectivity index (χ4n) is 2.07. The summed E-state index contributed by atoms with van der Waals surface area (Å²) in [6.45, 7) is 1.68. The lowest BCUT2D eigenvalue weighted by Gasteiger charge is -2.15. The van der Waals surface area contributed by atoms with Gasteiger partial charge in [-0.05, 0) is 12.5 Å². The van der Waals surface area contributed by atoms with Crippen LogP contribution < -0.4 is 16.0 Å². The summed E-state index contributed by atoms with van der Waals surface area (Å²) in [5.41, 5.74) is -0.663. The van der Waals surface area contributed by atoms with E-state index in [1.54, 1.807) is 31.2 Å². The van der Waals surface area contributed by atoms with Gasteiger partial charge in [-0.1, -0.05) is 30.3 Å². The van der Waals surface area contributed by atoms with Gasteiger partial charge in [0, 0.05) is 26.3 Å². The lowest BCUT2D eigenvalue weighted by atomic mass is 10.1. The van der Waals surface area contributed by atoms with Crippen molar-refractivity contribution in [2.45, 2.75) is 17.9 Å². The van der Waals surface area contributed by atoms with E-state index < -0.39 is 32.2 Å². The summed E-state index contributed by atoms with van der Waals surface area (Å²) < 4.78 is 29.1. The van der Waals surface area contributed by atoms with E-state index in [4.69, 9.17) is 0 Å². The number of nitrogens with one attached hydrogen (secondary N) is 1. The topological polar surface area (TPSA) is 90.2 Å². The van der Waals surface area contributed by atoms with Crippen LogP contribution in [-0.4, -0.2) is 17.6 Å². The van der Waals surface area contributed by atoms with Crippen LogP contribution in [0.3, 0.4) is 0 Å². The zero-order valence-electron chi connectivity index (χ0n) is 12.5. The summed E-state index contributed by atoms with van der Waals surface area (Å²) in [6.07, 6.45) is 1.03. The molecule has 0 amide bonds. The van der Waals surface area contributed by atoms with Gasteiger partial charge >= 0.3 is 5.69 Å². The molecule has 0 saturated carbocycles. The van der Waals surface area contributed by atoms with Gasteiger partial charge in [-0.3, -0.25) is 9.36 Å². The van der Waals surface area contributed by atoms with Crippen molar-refractivity contribution in [1.29, 1.82) is 0 Å². The Morgan fingerprint density at radius 2 is 1.68 bits per heavy atom. The third-order valence-corrected chi connectivity index (χ3v) is 4.86. The number of hydrogen-bond donors (Lipinski definition) is 1. The highest BCUT2D eigenvalue weighted by atomic mass is 32.2. The van der Waals surface area contributed by atoms with E-state index in [1.807, 2.05) is 6.07 Å². The molecule has 0 aliphatic rings. The van der Waals surface area contributed by atoms with Gasteiger partial charge in [0.1, 0.15) is 0 Å². The molecule has 1 heterocycles. The molecule has 1 atom stereocenters. The smallest absolute Gasteiger partial charge is 0.302 e. The van der Waals surface area contributed by atoms with Crippen LogP contribution in [0, 0.1) is 0 Å². The molecule has 1 aromatic heterocycles. The molecule has 0 spiro atoms. The van der Waals surface area contributed by atoms with E-state index in [-0.39, 0.29) is 0 Å². The third kappa shape index (κ3) is 3.02. The van der Waals surface area contributed by atoms with E-state index in [2.05, 4.69) is 4.72 Å². The molecule has 0 saturated heterocycles. The summed E-state index contributed by atoms with van der Waals surface area (Å²) in [5, 5.41) is 0. The quantitative estimate of drug-likeness (QED) is 0.865. The molecule has 0 bridgehead atoms. The first-order chi connectivity index (χ1) is 10.2. The molecule has 1 aromatic carbocycles. The van der Waals surface area contributed by atoms with E-state index in [0.29, 0.717) is 0 Å². The monoisotopic (exact) mass is 323 g/mol. The Hall–Kier alpha value is -2.19. The van der Waals surface area contributed by atoms with Gasteiger partial charge in [0.15, 0.2) is 4.90 Å². The number of aryl methyl sites for hydroxylation is 1. The molecule has 7 nitrogen and oxygen atoms in total. The molecule has 0 unspecified atom stereocenters. The minimum Gasteiger partial charge on any atom is -0.302 e. The molecule has 1 N–H and O–H groups in total. The molecule has 2 rings (SSSR count). The highest BCUT2D eigenvalue weighted by molar-refractivity contribution is 7.89. The highest BCUT2D eigenvalue weighted by Gasteiger charge is 2.23. The molecule has 0 fully saturated rings. The second kappa shape index (κ2) is 5.90. The predicted octanol–water partition coefficient (Wildman–Crippen LogP) is 0.124. The maximum atomic E-state index is 12.4. The largest absolute Gasteiger partial charge is 0.330 e. The van der Waals surface area contributed by atoms with Gasteiger partial charge in [0.05, 0.1) is 0 Å². The van der Waals surface area contributed by atoms with Crippen LogP contribution in [0.5, 0.6) is 0 Å². The van der Waals surface area contributed by atoms with Crippen molar-refractivity contribution in [2.75, 3.05) is 0 Å². The Labute approximate surface area is 127 Å². The number of nitrogens with zero attached hydrogens (tertiary/aromatic N) is 2. The molecule has 0 aliphatic carbocycles. The fraction of sp³-hybridized carbons (Fsp3) is 0.286. The summed E-state index contributed by atoms with van der Waals surface area (Å²) >= 11 is 0. The van der Waals surface area contributed by atoms with Gasteiger partial charge in [0.25, 0.3) is 5.56 Å². The van der Waals surface area contributed by atoms with Gasteiger partial charge in [0.2, 0.25) is 10.0 Å². The first kappa shape index (κ1) is 16.2. The summed E-state index contributed by atoms with van der Waals surface area (Å²) in [7, 11) is -1.41. The molecular weight excluding hydrogens is 306 g/mol. The van der Waals surface area contributed by atoms with E-state index in [1.165, 1.54) is 14.1 Å². The number of sulfonamides is 1. The van der Waals surface area contributed by atoms with Crippen molar-refractivity contribution in [2.24, 2.45) is 14.1 Å². The molecular formula is C14H17N3O4S. The number of hydrogen-bond acceptors (Lipinski definition) is 4. The average molecular weight is 323 g/mol. The van der Waals surface area contributed by atoms with Crippen molar-refractivity contribution in [1.82, 2.24) is 13.9 Å². The van der Waals surface area contributed by atoms with E-state index in [9.17, 15) is 18.0 Å². The van der Waals surface area contributed by atoms with Crippen LogP contribution in [-0.2, 0) is 24.1 Å². The Kier molecular flexibility index (Phi) is 4.34. The van der Waals surface area contributed by atoms with Crippen LogP contribution in [0.1, 0.15) is 18.5 Å². The van der Waals surface area contributed by atoms with Crippen LogP contribution in [0.4, 0.5) is 0 Å². The van der Waals surface area contributed by atoms with Gasteiger partial charge in [-0.25, -0.2) is 17.9 Å². The van der Waals surface area contributed by atoms with Crippen molar-refractivity contribution in [3.63, 3.8) is 0 Å². The lowest BCUT2D eigenvalue weighted by molar-refractivity contribution is 0.557. The first-order valence-corrected chi connectivity index (χ1v) is 8.06. The normalized spacial score (nSPS) is 13.0. The fourth-order valence-corrected chi connectivity index (χ4v) is 3.46. The number of rotatable bonds is 4. The first-order valence-electron chi connectivity index (χ1n) is 6.58. The second-order valence-electron chi connectivity index (χ2n) is 5.00. The Morgan fingerprint density at radius 1 is 1.09 bits per heavy atom. The van der Waals surface area contributed by atoms with Crippen molar-refractivity contribution in [3.8, 4) is 0 Å². The van der Waals surface area contributed by atoms with Crippen molar-refractivity contribution >= 4 is 10.0 Å². The highest BCUT2D eigenvalue weighted by Crippen LogP contribution is 2.14. The zero-order valence-corrected chi connectivity index (χ0v) is 13.3. The van der Waals surface area contributed by atoms with Crippen molar-refractivity contribution < 1.29 is 8.42 Å². The molecule has 22 heavy (non-hydrogen) atoms. The Bertz CT molecular complexity index is 898. The number of benzene rings is 1. The van der Waals surface area contributed by atoms with Gasteiger partial charge in [-0.15, -0.1) is 0 Å². The lowest BCUT2D eigenvalue weighted by Crippen LogP contribution is -2.41. The van der Waals surface area contributed by atoms with Crippen LogP contribution in [0.25, 0.3) is 0 Å². The minimum absolute atomic E-state index is 0.458. The second-order valence-corrected chi connectivity index (χ2v) is 6.69. The zero-order chi connectivity index (χ0) is 16.5. The summed E-state index contributed by atoms with van der Waals surface area (Å²) in [4.78, 5) is 23.2. The number of aromatic nitrogens is 2. The summed E-state index contributed by atoms with van der Waals surface area (Å²) in [6, 6.07) is 8.48. The van der Waals surface area contributed by atoms with E-state index >= 15 is 0 Å². The van der Waals surface area contributed by atoms with Crippen molar-refractivity contribution in [3.05, 3.63) is 62.9 Å². The SMILES string of the molecule is C[C@@H](NS(=O)(=O)c1cn(C)c(=O)n(C)c1=O)c1ccccc1. The Balaban J connectivity index is 2.44. The van der Waals surface area contributed by atoms with Crippen LogP contribution >= 0.6 is 0 Å². The van der Waals surface area contributed by atoms with Crippen LogP contribution in [0.15, 0.2) is 51.0 Å². The maximum absolute atomic E-state index is 12.4. The van der Waals surface area contributed by atoms with E-state index in [0.717, 1.165) is 20.9 Å². The molecule has 0 aliphatic heterocycles. The predicted molar refractivity (Wildman–Crippen MR) is 82.1 cm³/mol. The minimum atomic E-state index is -4.04. The van der Waals surface area contributed by atoms with Gasteiger partial charge < -0.3 is 4.57 Å².